The van der Waals surface area contributed by atoms with Crippen LogP contribution in [0.4, 0.5) is 0 Å². The minimum Gasteiger partial charge on any atom is -0.352 e. The number of hydrogen-bond acceptors (Lipinski definition) is 3. The summed E-state index contributed by atoms with van der Waals surface area (Å²) >= 11 is 5.99. The van der Waals surface area contributed by atoms with E-state index < -0.39 is 0 Å². The number of nitrogens with one attached hydrogen (secondary N) is 1. The summed E-state index contributed by atoms with van der Waals surface area (Å²) < 4.78 is 0. The molecule has 2 heterocycles. The number of carbonyl (C=O) groups excluding carboxylic acids is 1. The lowest BCUT2D eigenvalue weighted by Gasteiger charge is -2.32. The molecule has 4 nitrogen and oxygen atoms in total. The molecule has 0 radical (unpaired) electrons. The van der Waals surface area contributed by atoms with Crippen LogP contribution in [0.25, 0.3) is 0 Å². The number of amides is 1. The molecular formula is C26H34ClN3O. The van der Waals surface area contributed by atoms with Crippen molar-refractivity contribution in [2.75, 3.05) is 26.2 Å². The molecule has 0 spiro atoms. The van der Waals surface area contributed by atoms with E-state index in [1.54, 1.807) is 0 Å². The second kappa shape index (κ2) is 11.1. The molecule has 166 valence electrons. The SMILES string of the molecule is O=C(NCc1cccc(CN2CCCCC2)c1)C1CCCN(Cc2ccc(Cl)cc2)C1. The first kappa shape index (κ1) is 22.3. The average Bonchev–Trinajstić information content (AvgIpc) is 2.80. The van der Waals surface area contributed by atoms with E-state index >= 15 is 0 Å². The fourth-order valence-electron chi connectivity index (χ4n) is 4.81. The number of halogens is 1. The Labute approximate surface area is 191 Å². The molecule has 0 aliphatic carbocycles. The maximum absolute atomic E-state index is 12.9. The number of rotatable bonds is 7. The minimum atomic E-state index is 0.0672. The zero-order chi connectivity index (χ0) is 21.5. The molecule has 0 bridgehead atoms. The predicted octanol–water partition coefficient (Wildman–Crippen LogP) is 4.85. The van der Waals surface area contributed by atoms with E-state index in [2.05, 4.69) is 51.5 Å². The molecule has 2 saturated heterocycles. The van der Waals surface area contributed by atoms with Crippen molar-refractivity contribution < 1.29 is 4.79 Å². The fraction of sp³-hybridized carbons (Fsp3) is 0.500. The molecule has 5 heteroatoms. The standard InChI is InChI=1S/C26H34ClN3O/c27-25-11-9-21(10-12-25)18-30-15-5-8-24(20-30)26(31)28-17-22-6-4-7-23(16-22)19-29-13-2-1-3-14-29/h4,6-7,9-12,16,24H,1-3,5,8,13-15,17-20H2,(H,28,31). The largest absolute Gasteiger partial charge is 0.352 e. The van der Waals surface area contributed by atoms with Crippen molar-refractivity contribution in [2.24, 2.45) is 5.92 Å². The summed E-state index contributed by atoms with van der Waals surface area (Å²) in [5.41, 5.74) is 3.79. The van der Waals surface area contributed by atoms with Crippen LogP contribution in [0.5, 0.6) is 0 Å². The van der Waals surface area contributed by atoms with E-state index in [0.717, 1.165) is 44.0 Å². The van der Waals surface area contributed by atoms with Crippen LogP contribution >= 0.6 is 11.6 Å². The Morgan fingerprint density at radius 2 is 1.58 bits per heavy atom. The summed E-state index contributed by atoms with van der Waals surface area (Å²) in [6.45, 7) is 6.78. The van der Waals surface area contributed by atoms with Crippen molar-refractivity contribution in [2.45, 2.75) is 51.7 Å². The van der Waals surface area contributed by atoms with Gasteiger partial charge in [-0.2, -0.15) is 0 Å². The van der Waals surface area contributed by atoms with Crippen LogP contribution in [-0.2, 0) is 24.4 Å². The Hall–Kier alpha value is -1.88. The third kappa shape index (κ3) is 6.80. The van der Waals surface area contributed by atoms with Gasteiger partial charge in [0.1, 0.15) is 0 Å². The lowest BCUT2D eigenvalue weighted by molar-refractivity contribution is -0.126. The molecule has 2 fully saturated rings. The molecular weight excluding hydrogens is 406 g/mol. The van der Waals surface area contributed by atoms with Gasteiger partial charge in [-0.3, -0.25) is 14.6 Å². The summed E-state index contributed by atoms with van der Waals surface area (Å²) in [6.07, 6.45) is 6.02. The number of likely N-dealkylation sites (tertiary alicyclic amines) is 2. The van der Waals surface area contributed by atoms with Gasteiger partial charge in [-0.15, -0.1) is 0 Å². The molecule has 1 N–H and O–H groups in total. The molecule has 2 aliphatic heterocycles. The van der Waals surface area contributed by atoms with Gasteiger partial charge < -0.3 is 5.32 Å². The first-order valence-corrected chi connectivity index (χ1v) is 12.1. The van der Waals surface area contributed by atoms with Crippen molar-refractivity contribution >= 4 is 17.5 Å². The molecule has 2 aromatic carbocycles. The van der Waals surface area contributed by atoms with Gasteiger partial charge in [-0.1, -0.05) is 54.4 Å². The van der Waals surface area contributed by atoms with Crippen molar-refractivity contribution in [3.63, 3.8) is 0 Å². The monoisotopic (exact) mass is 439 g/mol. The number of nitrogens with zero attached hydrogens (tertiary/aromatic N) is 2. The van der Waals surface area contributed by atoms with Crippen LogP contribution in [-0.4, -0.2) is 41.9 Å². The molecule has 0 aromatic heterocycles. The van der Waals surface area contributed by atoms with E-state index in [9.17, 15) is 4.79 Å². The third-order valence-corrected chi connectivity index (χ3v) is 6.76. The Kier molecular flexibility index (Phi) is 8.01. The smallest absolute Gasteiger partial charge is 0.224 e. The minimum absolute atomic E-state index is 0.0672. The Bertz CT molecular complexity index is 848. The lowest BCUT2D eigenvalue weighted by atomic mass is 9.96. The highest BCUT2D eigenvalue weighted by Gasteiger charge is 2.25. The van der Waals surface area contributed by atoms with Crippen molar-refractivity contribution in [1.82, 2.24) is 15.1 Å². The van der Waals surface area contributed by atoms with Crippen LogP contribution in [0.1, 0.15) is 48.8 Å². The Morgan fingerprint density at radius 1 is 0.871 bits per heavy atom. The van der Waals surface area contributed by atoms with E-state index in [1.807, 2.05) is 12.1 Å². The molecule has 1 amide bonds. The molecule has 1 unspecified atom stereocenters. The fourth-order valence-corrected chi connectivity index (χ4v) is 4.93. The summed E-state index contributed by atoms with van der Waals surface area (Å²) in [4.78, 5) is 17.8. The van der Waals surface area contributed by atoms with Gasteiger partial charge in [0.2, 0.25) is 5.91 Å². The van der Waals surface area contributed by atoms with Gasteiger partial charge in [0.05, 0.1) is 5.92 Å². The molecule has 4 rings (SSSR count). The number of benzene rings is 2. The first-order chi connectivity index (χ1) is 15.2. The van der Waals surface area contributed by atoms with E-state index in [-0.39, 0.29) is 11.8 Å². The van der Waals surface area contributed by atoms with Crippen molar-refractivity contribution in [1.29, 1.82) is 0 Å². The van der Waals surface area contributed by atoms with Crippen LogP contribution in [0, 0.1) is 5.92 Å². The number of carbonyl (C=O) groups is 1. The number of hydrogen-bond donors (Lipinski definition) is 1. The van der Waals surface area contributed by atoms with E-state index in [4.69, 9.17) is 11.6 Å². The summed E-state index contributed by atoms with van der Waals surface area (Å²) in [7, 11) is 0. The quantitative estimate of drug-likeness (QED) is 0.669. The average molecular weight is 440 g/mol. The van der Waals surface area contributed by atoms with Gasteiger partial charge in [0.25, 0.3) is 0 Å². The predicted molar refractivity (Wildman–Crippen MR) is 127 cm³/mol. The highest BCUT2D eigenvalue weighted by atomic mass is 35.5. The van der Waals surface area contributed by atoms with Crippen LogP contribution in [0.2, 0.25) is 5.02 Å². The molecule has 0 saturated carbocycles. The van der Waals surface area contributed by atoms with Crippen molar-refractivity contribution in [3.05, 3.63) is 70.2 Å². The van der Waals surface area contributed by atoms with E-state index in [1.165, 1.54) is 49.0 Å². The topological polar surface area (TPSA) is 35.6 Å². The highest BCUT2D eigenvalue weighted by molar-refractivity contribution is 6.30. The highest BCUT2D eigenvalue weighted by Crippen LogP contribution is 2.20. The van der Waals surface area contributed by atoms with Gasteiger partial charge in [-0.05, 0) is 74.1 Å². The molecule has 2 aliphatic rings. The van der Waals surface area contributed by atoms with Gasteiger partial charge >= 0.3 is 0 Å². The van der Waals surface area contributed by atoms with Gasteiger partial charge in [0.15, 0.2) is 0 Å². The molecule has 2 aromatic rings. The van der Waals surface area contributed by atoms with Gasteiger partial charge in [0, 0.05) is 31.2 Å². The van der Waals surface area contributed by atoms with Crippen LogP contribution in [0.3, 0.4) is 0 Å². The van der Waals surface area contributed by atoms with Crippen LogP contribution < -0.4 is 5.32 Å². The molecule has 1 atom stereocenters. The zero-order valence-corrected chi connectivity index (χ0v) is 19.1. The normalized spacial score (nSPS) is 20.5. The zero-order valence-electron chi connectivity index (χ0n) is 18.4. The number of piperidine rings is 2. The third-order valence-electron chi connectivity index (χ3n) is 6.51. The first-order valence-electron chi connectivity index (χ1n) is 11.7. The lowest BCUT2D eigenvalue weighted by Crippen LogP contribution is -2.42. The maximum atomic E-state index is 12.9. The summed E-state index contributed by atoms with van der Waals surface area (Å²) in [5, 5.41) is 3.96. The van der Waals surface area contributed by atoms with Gasteiger partial charge in [-0.25, -0.2) is 0 Å². The van der Waals surface area contributed by atoms with E-state index in [0.29, 0.717) is 6.54 Å². The summed E-state index contributed by atoms with van der Waals surface area (Å²) in [5.74, 6) is 0.250. The summed E-state index contributed by atoms with van der Waals surface area (Å²) in [6, 6.07) is 16.7. The maximum Gasteiger partial charge on any atom is 0.224 e. The van der Waals surface area contributed by atoms with Crippen molar-refractivity contribution in [3.8, 4) is 0 Å². The Morgan fingerprint density at radius 3 is 2.39 bits per heavy atom. The second-order valence-electron chi connectivity index (χ2n) is 9.08. The van der Waals surface area contributed by atoms with Crippen LogP contribution in [0.15, 0.2) is 48.5 Å². The molecule has 31 heavy (non-hydrogen) atoms. The Balaban J connectivity index is 1.26. The second-order valence-corrected chi connectivity index (χ2v) is 9.51.